The maximum Gasteiger partial charge on any atom is 0.262 e. The molecule has 10 nitrogen and oxygen atoms in total. The number of hydrogen-bond donors (Lipinski definition) is 2. The molecule has 43 heavy (non-hydrogen) atoms. The Labute approximate surface area is 242 Å². The van der Waals surface area contributed by atoms with Crippen molar-refractivity contribution in [3.8, 4) is 11.9 Å². The lowest BCUT2D eigenvalue weighted by atomic mass is 10.1. The molecule has 0 saturated carbocycles. The number of hydrogen-bond acceptors (Lipinski definition) is 8. The number of imidazole rings is 1. The lowest BCUT2D eigenvalue weighted by Gasteiger charge is -2.15. The standard InChI is InChI=1S/C29H19F3N8O2S/c1-16-18(30)5-3-7-23(16)43(41,42)39-20-9-8-19(31)27(25(20)32)38-29-28-21(34-14-35-29)10-11-24(37-28)40-15-36-26-17(12-13-33)4-2-6-22(26)40/h2-11,14-15,39H,12H2,1H3,(H,34,35,38). The molecule has 0 aliphatic heterocycles. The van der Waals surface area contributed by atoms with E-state index in [1.54, 1.807) is 29.1 Å². The van der Waals surface area contributed by atoms with Crippen LogP contribution in [0.15, 0.2) is 78.2 Å². The molecule has 6 rings (SSSR count). The Balaban J connectivity index is 1.39. The molecule has 3 aromatic heterocycles. The molecule has 0 aliphatic rings. The maximum absolute atomic E-state index is 15.6. The summed E-state index contributed by atoms with van der Waals surface area (Å²) in [5.41, 5.74) is 1.17. The first kappa shape index (κ1) is 27.6. The van der Waals surface area contributed by atoms with Crippen molar-refractivity contribution in [2.75, 3.05) is 10.0 Å². The van der Waals surface area contributed by atoms with E-state index in [2.05, 4.69) is 36.0 Å². The molecule has 0 amide bonds. The number of anilines is 3. The van der Waals surface area contributed by atoms with Crippen LogP contribution in [0.4, 0.5) is 30.4 Å². The monoisotopic (exact) mass is 600 g/mol. The zero-order valence-electron chi connectivity index (χ0n) is 22.2. The van der Waals surface area contributed by atoms with Crippen LogP contribution in [-0.2, 0) is 16.4 Å². The van der Waals surface area contributed by atoms with Gasteiger partial charge in [0.15, 0.2) is 11.6 Å². The largest absolute Gasteiger partial charge is 0.333 e. The van der Waals surface area contributed by atoms with Crippen molar-refractivity contribution in [2.24, 2.45) is 0 Å². The van der Waals surface area contributed by atoms with Gasteiger partial charge in [-0.1, -0.05) is 18.2 Å². The van der Waals surface area contributed by atoms with Crippen molar-refractivity contribution in [1.82, 2.24) is 24.5 Å². The fraction of sp³-hybridized carbons (Fsp3) is 0.0690. The molecular weight excluding hydrogens is 581 g/mol. The summed E-state index contributed by atoms with van der Waals surface area (Å²) in [5, 5.41) is 11.7. The van der Waals surface area contributed by atoms with E-state index < -0.39 is 43.7 Å². The van der Waals surface area contributed by atoms with E-state index in [1.807, 2.05) is 12.1 Å². The number of benzene rings is 3. The number of nitrogens with one attached hydrogen (secondary N) is 2. The zero-order chi connectivity index (χ0) is 30.3. The predicted molar refractivity (Wildman–Crippen MR) is 153 cm³/mol. The van der Waals surface area contributed by atoms with Crippen LogP contribution in [0.1, 0.15) is 11.1 Å². The highest BCUT2D eigenvalue weighted by atomic mass is 32.2. The van der Waals surface area contributed by atoms with Crippen molar-refractivity contribution in [2.45, 2.75) is 18.2 Å². The van der Waals surface area contributed by atoms with E-state index in [0.29, 0.717) is 22.4 Å². The normalized spacial score (nSPS) is 11.5. The summed E-state index contributed by atoms with van der Waals surface area (Å²) in [7, 11) is -4.43. The molecule has 0 atom stereocenters. The number of nitriles is 1. The topological polar surface area (TPSA) is 138 Å². The molecule has 0 fully saturated rings. The smallest absolute Gasteiger partial charge is 0.262 e. The van der Waals surface area contributed by atoms with Crippen LogP contribution in [0.2, 0.25) is 0 Å². The molecule has 3 heterocycles. The zero-order valence-corrected chi connectivity index (χ0v) is 23.0. The molecule has 214 valence electrons. The fourth-order valence-corrected chi connectivity index (χ4v) is 5.92. The van der Waals surface area contributed by atoms with Crippen molar-refractivity contribution < 1.29 is 21.6 Å². The van der Waals surface area contributed by atoms with Crippen LogP contribution in [0.3, 0.4) is 0 Å². The van der Waals surface area contributed by atoms with Gasteiger partial charge in [0.05, 0.1) is 39.6 Å². The van der Waals surface area contributed by atoms with E-state index in [-0.39, 0.29) is 23.3 Å². The molecule has 0 aliphatic carbocycles. The molecule has 0 unspecified atom stereocenters. The van der Waals surface area contributed by atoms with Gasteiger partial charge < -0.3 is 5.32 Å². The number of rotatable bonds is 7. The Morgan fingerprint density at radius 3 is 2.56 bits per heavy atom. The van der Waals surface area contributed by atoms with Gasteiger partial charge in [-0.05, 0) is 55.0 Å². The van der Waals surface area contributed by atoms with Gasteiger partial charge >= 0.3 is 0 Å². The summed E-state index contributed by atoms with van der Waals surface area (Å²) in [6, 6.07) is 16.1. The van der Waals surface area contributed by atoms with Crippen LogP contribution < -0.4 is 10.0 Å². The molecule has 6 aromatic rings. The van der Waals surface area contributed by atoms with Gasteiger partial charge in [-0.15, -0.1) is 0 Å². The number of nitrogens with zero attached hydrogens (tertiary/aromatic N) is 6. The SMILES string of the molecule is Cc1c(F)cccc1S(=O)(=O)Nc1ccc(F)c(Nc2ncnc3ccc(-n4cnc5c(CC#N)cccc54)nc23)c1F. The van der Waals surface area contributed by atoms with E-state index in [4.69, 9.17) is 5.26 Å². The third-order valence-corrected chi connectivity index (χ3v) is 8.24. The van der Waals surface area contributed by atoms with Gasteiger partial charge in [0, 0.05) is 5.56 Å². The van der Waals surface area contributed by atoms with Gasteiger partial charge in [0.1, 0.15) is 41.3 Å². The minimum absolute atomic E-state index is 0.0553. The highest BCUT2D eigenvalue weighted by Gasteiger charge is 2.23. The molecule has 14 heteroatoms. The van der Waals surface area contributed by atoms with Crippen molar-refractivity contribution in [3.63, 3.8) is 0 Å². The van der Waals surface area contributed by atoms with Crippen LogP contribution in [0.25, 0.3) is 27.9 Å². The predicted octanol–water partition coefficient (Wildman–Crippen LogP) is 5.70. The maximum atomic E-state index is 15.6. The first-order chi connectivity index (χ1) is 20.7. The summed E-state index contributed by atoms with van der Waals surface area (Å²) in [5.74, 6) is -2.70. The summed E-state index contributed by atoms with van der Waals surface area (Å²) in [6.07, 6.45) is 2.91. The van der Waals surface area contributed by atoms with Gasteiger partial charge in [-0.25, -0.2) is 41.5 Å². The summed E-state index contributed by atoms with van der Waals surface area (Å²) in [4.78, 5) is 17.0. The quantitative estimate of drug-likeness (QED) is 0.238. The molecule has 0 radical (unpaired) electrons. The van der Waals surface area contributed by atoms with Gasteiger partial charge in [0.2, 0.25) is 0 Å². The van der Waals surface area contributed by atoms with Gasteiger partial charge in [-0.3, -0.25) is 9.29 Å². The molecule has 0 bridgehead atoms. The van der Waals surface area contributed by atoms with Crippen LogP contribution >= 0.6 is 0 Å². The number of pyridine rings is 1. The number of para-hydroxylation sites is 1. The second kappa shape index (κ2) is 10.7. The number of halogens is 3. The van der Waals surface area contributed by atoms with E-state index >= 15 is 4.39 Å². The van der Waals surface area contributed by atoms with Crippen molar-refractivity contribution in [3.05, 3.63) is 102 Å². The van der Waals surface area contributed by atoms with Crippen molar-refractivity contribution >= 4 is 49.3 Å². The molecule has 3 aromatic carbocycles. The highest BCUT2D eigenvalue weighted by molar-refractivity contribution is 7.92. The molecule has 0 saturated heterocycles. The minimum Gasteiger partial charge on any atom is -0.333 e. The average molecular weight is 601 g/mol. The fourth-order valence-electron chi connectivity index (χ4n) is 4.61. The lowest BCUT2D eigenvalue weighted by Crippen LogP contribution is -2.16. The van der Waals surface area contributed by atoms with Crippen LogP contribution in [-0.4, -0.2) is 32.9 Å². The second-order valence-electron chi connectivity index (χ2n) is 9.37. The van der Waals surface area contributed by atoms with E-state index in [9.17, 15) is 17.2 Å². The molecular formula is C29H19F3N8O2S. The Morgan fingerprint density at radius 2 is 1.74 bits per heavy atom. The van der Waals surface area contributed by atoms with Gasteiger partial charge in [0.25, 0.3) is 10.0 Å². The van der Waals surface area contributed by atoms with Crippen molar-refractivity contribution in [1.29, 1.82) is 5.26 Å². The van der Waals surface area contributed by atoms with Crippen LogP contribution in [0, 0.1) is 35.7 Å². The number of sulfonamides is 1. The molecule has 0 spiro atoms. The lowest BCUT2D eigenvalue weighted by molar-refractivity contribution is 0.585. The summed E-state index contributed by atoms with van der Waals surface area (Å²) < 4.78 is 74.2. The summed E-state index contributed by atoms with van der Waals surface area (Å²) >= 11 is 0. The third kappa shape index (κ3) is 4.95. The second-order valence-corrected chi connectivity index (χ2v) is 11.0. The average Bonchev–Trinajstić information content (AvgIpc) is 3.43. The first-order valence-electron chi connectivity index (χ1n) is 12.6. The Hall–Kier alpha value is -5.55. The molecule has 2 N–H and O–H groups in total. The highest BCUT2D eigenvalue weighted by Crippen LogP contribution is 2.32. The van der Waals surface area contributed by atoms with E-state index in [1.165, 1.54) is 25.4 Å². The van der Waals surface area contributed by atoms with Crippen LogP contribution in [0.5, 0.6) is 0 Å². The summed E-state index contributed by atoms with van der Waals surface area (Å²) in [6.45, 7) is 1.28. The minimum atomic E-state index is -4.43. The van der Waals surface area contributed by atoms with E-state index in [0.717, 1.165) is 23.8 Å². The number of aromatic nitrogens is 5. The Bertz CT molecular complexity index is 2210. The van der Waals surface area contributed by atoms with Gasteiger partial charge in [-0.2, -0.15) is 5.26 Å². The Morgan fingerprint density at radius 1 is 0.930 bits per heavy atom. The Kier molecular flexibility index (Phi) is 6.87. The third-order valence-electron chi connectivity index (χ3n) is 6.73. The first-order valence-corrected chi connectivity index (χ1v) is 14.1. The number of fused-ring (bicyclic) bond motifs is 2.